The third-order valence-electron chi connectivity index (χ3n) is 4.15. The van der Waals surface area contributed by atoms with Gasteiger partial charge in [-0.2, -0.15) is 0 Å². The molecule has 1 aliphatic rings. The van der Waals surface area contributed by atoms with E-state index < -0.39 is 0 Å². The number of hydrogen-bond acceptors (Lipinski definition) is 6. The molecule has 0 aliphatic carbocycles. The lowest BCUT2D eigenvalue weighted by atomic mass is 10.2. The predicted molar refractivity (Wildman–Crippen MR) is 122 cm³/mol. The minimum Gasteiger partial charge on any atom is -0.466 e. The highest BCUT2D eigenvalue weighted by molar-refractivity contribution is 8.14. The highest BCUT2D eigenvalue weighted by Crippen LogP contribution is 2.31. The number of carbonyl (C=O) groups excluding carboxylic acids is 2. The number of ether oxygens (including phenoxy) is 1. The fourth-order valence-electron chi connectivity index (χ4n) is 2.75. The Kier molecular flexibility index (Phi) is 7.93. The van der Waals surface area contributed by atoms with Gasteiger partial charge in [-0.25, -0.2) is 4.99 Å². The standard InChI is InChI=1S/C22H22ClN3O3S/c1-2-29-22(28)12-16-11-21(26-19-10-6-5-9-18(19)25-16)30-14-20(27)24-13-15-7-3-4-8-17(15)23/h3-11,25H,2,12-14H2,1H3,(H,24,27). The van der Waals surface area contributed by atoms with Gasteiger partial charge in [0.15, 0.2) is 0 Å². The second-order valence-electron chi connectivity index (χ2n) is 6.40. The maximum absolute atomic E-state index is 12.3. The molecule has 8 heteroatoms. The number of para-hydroxylation sites is 2. The van der Waals surface area contributed by atoms with Gasteiger partial charge in [0, 0.05) is 17.3 Å². The van der Waals surface area contributed by atoms with Gasteiger partial charge < -0.3 is 15.4 Å². The number of fused-ring (bicyclic) bond motifs is 1. The molecule has 6 nitrogen and oxygen atoms in total. The zero-order valence-corrected chi connectivity index (χ0v) is 18.1. The molecule has 2 aromatic rings. The van der Waals surface area contributed by atoms with E-state index in [1.54, 1.807) is 19.1 Å². The average Bonchev–Trinajstić information content (AvgIpc) is 2.90. The van der Waals surface area contributed by atoms with E-state index in [1.165, 1.54) is 11.8 Å². The first-order chi connectivity index (χ1) is 14.5. The Morgan fingerprint density at radius 3 is 2.73 bits per heavy atom. The van der Waals surface area contributed by atoms with Crippen LogP contribution in [0.5, 0.6) is 0 Å². The highest BCUT2D eigenvalue weighted by atomic mass is 35.5. The summed E-state index contributed by atoms with van der Waals surface area (Å²) in [6.45, 7) is 2.45. The van der Waals surface area contributed by atoms with Crippen LogP contribution in [0.15, 0.2) is 65.3 Å². The predicted octanol–water partition coefficient (Wildman–Crippen LogP) is 4.68. The van der Waals surface area contributed by atoms with Crippen molar-refractivity contribution in [3.05, 3.63) is 70.9 Å². The largest absolute Gasteiger partial charge is 0.466 e. The van der Waals surface area contributed by atoms with Crippen molar-refractivity contribution in [2.24, 2.45) is 4.99 Å². The molecule has 156 valence electrons. The molecule has 1 aliphatic heterocycles. The maximum atomic E-state index is 12.3. The van der Waals surface area contributed by atoms with Crippen molar-refractivity contribution in [2.75, 3.05) is 17.7 Å². The topological polar surface area (TPSA) is 79.8 Å². The molecule has 1 heterocycles. The van der Waals surface area contributed by atoms with Crippen LogP contribution in [0.25, 0.3) is 0 Å². The van der Waals surface area contributed by atoms with Crippen molar-refractivity contribution in [3.63, 3.8) is 0 Å². The molecular formula is C22H22ClN3O3S. The van der Waals surface area contributed by atoms with Crippen molar-refractivity contribution in [1.29, 1.82) is 0 Å². The van der Waals surface area contributed by atoms with E-state index >= 15 is 0 Å². The van der Waals surface area contributed by atoms with Crippen LogP contribution >= 0.6 is 23.4 Å². The number of hydrogen-bond donors (Lipinski definition) is 2. The first kappa shape index (κ1) is 21.9. The molecule has 0 bridgehead atoms. The number of aliphatic imine (C=N–C) groups is 1. The van der Waals surface area contributed by atoms with Crippen LogP contribution in [0.4, 0.5) is 11.4 Å². The van der Waals surface area contributed by atoms with Crippen molar-refractivity contribution < 1.29 is 14.3 Å². The molecule has 0 atom stereocenters. The molecule has 2 N–H and O–H groups in total. The SMILES string of the molecule is CCOC(=O)CC1=CC(SCC(=O)NCc2ccccc2Cl)=Nc2ccccc2N1. The van der Waals surface area contributed by atoms with Crippen LogP contribution in [-0.4, -0.2) is 29.3 Å². The first-order valence-corrected chi connectivity index (χ1v) is 10.9. The van der Waals surface area contributed by atoms with Gasteiger partial charge in [0.2, 0.25) is 5.91 Å². The van der Waals surface area contributed by atoms with Gasteiger partial charge in [0.05, 0.1) is 35.2 Å². The second-order valence-corrected chi connectivity index (χ2v) is 7.80. The van der Waals surface area contributed by atoms with Gasteiger partial charge in [-0.3, -0.25) is 9.59 Å². The monoisotopic (exact) mass is 443 g/mol. The summed E-state index contributed by atoms with van der Waals surface area (Å²) in [5, 5.41) is 7.36. The zero-order chi connectivity index (χ0) is 21.3. The quantitative estimate of drug-likeness (QED) is 0.607. The minimum atomic E-state index is -0.322. The number of nitrogens with zero attached hydrogens (tertiary/aromatic N) is 1. The van der Waals surface area contributed by atoms with E-state index in [4.69, 9.17) is 16.3 Å². The van der Waals surface area contributed by atoms with Gasteiger partial charge >= 0.3 is 5.97 Å². The van der Waals surface area contributed by atoms with Crippen molar-refractivity contribution in [1.82, 2.24) is 5.32 Å². The van der Waals surface area contributed by atoms with E-state index in [0.29, 0.717) is 28.9 Å². The van der Waals surface area contributed by atoms with Crippen LogP contribution in [-0.2, 0) is 20.9 Å². The summed E-state index contributed by atoms with van der Waals surface area (Å²) in [7, 11) is 0. The maximum Gasteiger partial charge on any atom is 0.311 e. The molecule has 0 radical (unpaired) electrons. The van der Waals surface area contributed by atoms with E-state index in [-0.39, 0.29) is 24.1 Å². The number of amides is 1. The number of carbonyl (C=O) groups is 2. The fraction of sp³-hybridized carbons (Fsp3) is 0.227. The summed E-state index contributed by atoms with van der Waals surface area (Å²) in [4.78, 5) is 28.9. The van der Waals surface area contributed by atoms with Crippen LogP contribution in [0.1, 0.15) is 18.9 Å². The van der Waals surface area contributed by atoms with E-state index in [9.17, 15) is 9.59 Å². The lowest BCUT2D eigenvalue weighted by molar-refractivity contribution is -0.142. The van der Waals surface area contributed by atoms with E-state index in [1.807, 2.05) is 42.5 Å². The third kappa shape index (κ3) is 6.37. The molecule has 0 aromatic heterocycles. The van der Waals surface area contributed by atoms with Gasteiger partial charge in [0.25, 0.3) is 0 Å². The number of thioether (sulfide) groups is 1. The number of halogens is 1. The van der Waals surface area contributed by atoms with Gasteiger partial charge in [0.1, 0.15) is 0 Å². The average molecular weight is 444 g/mol. The number of rotatable bonds is 7. The van der Waals surface area contributed by atoms with Crippen LogP contribution < -0.4 is 10.6 Å². The summed E-state index contributed by atoms with van der Waals surface area (Å²) >= 11 is 7.43. The number of benzene rings is 2. The van der Waals surface area contributed by atoms with Gasteiger partial charge in [-0.1, -0.05) is 53.7 Å². The summed E-state index contributed by atoms with van der Waals surface area (Å²) < 4.78 is 5.05. The summed E-state index contributed by atoms with van der Waals surface area (Å²) in [6, 6.07) is 14.9. The number of esters is 1. The van der Waals surface area contributed by atoms with Crippen molar-refractivity contribution in [2.45, 2.75) is 19.9 Å². The molecular weight excluding hydrogens is 422 g/mol. The Morgan fingerprint density at radius 1 is 1.17 bits per heavy atom. The zero-order valence-electron chi connectivity index (χ0n) is 16.5. The summed E-state index contributed by atoms with van der Waals surface area (Å²) in [5.41, 5.74) is 3.07. The minimum absolute atomic E-state index is 0.0977. The number of anilines is 1. The molecule has 3 rings (SSSR count). The number of nitrogens with one attached hydrogen (secondary N) is 2. The van der Waals surface area contributed by atoms with Gasteiger partial charge in [-0.05, 0) is 36.8 Å². The van der Waals surface area contributed by atoms with Gasteiger partial charge in [-0.15, -0.1) is 0 Å². The molecule has 0 fully saturated rings. The molecule has 30 heavy (non-hydrogen) atoms. The van der Waals surface area contributed by atoms with Crippen LogP contribution in [0.3, 0.4) is 0 Å². The third-order valence-corrected chi connectivity index (χ3v) is 5.43. The molecule has 2 aromatic carbocycles. The van der Waals surface area contributed by atoms with E-state index in [0.717, 1.165) is 16.9 Å². The normalized spacial score (nSPS) is 12.6. The van der Waals surface area contributed by atoms with Crippen molar-refractivity contribution >= 4 is 51.7 Å². The van der Waals surface area contributed by atoms with Crippen LogP contribution in [0.2, 0.25) is 5.02 Å². The lowest BCUT2D eigenvalue weighted by Gasteiger charge is -2.10. The first-order valence-electron chi connectivity index (χ1n) is 9.49. The molecule has 0 saturated heterocycles. The van der Waals surface area contributed by atoms with Crippen LogP contribution in [0, 0.1) is 0 Å². The molecule has 0 saturated carbocycles. The summed E-state index contributed by atoms with van der Waals surface area (Å²) in [5.74, 6) is -0.264. The van der Waals surface area contributed by atoms with Crippen molar-refractivity contribution in [3.8, 4) is 0 Å². The fourth-order valence-corrected chi connectivity index (χ4v) is 3.72. The Bertz CT molecular complexity index is 991. The Morgan fingerprint density at radius 2 is 1.93 bits per heavy atom. The summed E-state index contributed by atoms with van der Waals surface area (Å²) in [6.07, 6.45) is 1.88. The lowest BCUT2D eigenvalue weighted by Crippen LogP contribution is -2.25. The Labute approximate surface area is 184 Å². The highest BCUT2D eigenvalue weighted by Gasteiger charge is 2.15. The Balaban J connectivity index is 1.65. The molecule has 0 unspecified atom stereocenters. The smallest absolute Gasteiger partial charge is 0.311 e. The second kappa shape index (κ2) is 10.8. The molecule has 1 amide bonds. The van der Waals surface area contributed by atoms with E-state index in [2.05, 4.69) is 15.6 Å². The Hall–Kier alpha value is -2.77. The molecule has 0 spiro atoms.